The molecular weight excluding hydrogens is 248 g/mol. The van der Waals surface area contributed by atoms with Gasteiger partial charge in [0.05, 0.1) is 11.3 Å². The quantitative estimate of drug-likeness (QED) is 0.798. The zero-order chi connectivity index (χ0) is 14.0. The molecule has 2 N–H and O–H groups in total. The predicted octanol–water partition coefficient (Wildman–Crippen LogP) is -0.219. The lowest BCUT2D eigenvalue weighted by atomic mass is 10.2. The van der Waals surface area contributed by atoms with Crippen LogP contribution in [0.15, 0.2) is 21.9 Å². The molecular formula is C12H16N4O3. The van der Waals surface area contributed by atoms with Crippen LogP contribution in [0.25, 0.3) is 0 Å². The third-order valence-electron chi connectivity index (χ3n) is 2.98. The molecule has 0 aromatic carbocycles. The number of hydrogen-bond donors (Lipinski definition) is 2. The molecule has 0 amide bonds. The summed E-state index contributed by atoms with van der Waals surface area (Å²) in [5, 5.41) is 14.1. The Kier molecular flexibility index (Phi) is 3.55. The first-order valence-corrected chi connectivity index (χ1v) is 6.06. The summed E-state index contributed by atoms with van der Waals surface area (Å²) in [6.45, 7) is 2.02. The minimum atomic E-state index is -0.601. The van der Waals surface area contributed by atoms with Gasteiger partial charge in [0, 0.05) is 26.2 Å². The lowest BCUT2D eigenvalue weighted by Gasteiger charge is -2.09. The molecule has 0 aliphatic rings. The van der Waals surface area contributed by atoms with Crippen molar-refractivity contribution in [2.24, 2.45) is 7.05 Å². The van der Waals surface area contributed by atoms with E-state index in [-0.39, 0.29) is 18.0 Å². The van der Waals surface area contributed by atoms with Crippen molar-refractivity contribution >= 4 is 0 Å². The maximum Gasteiger partial charge on any atom is 0.331 e. The Morgan fingerprint density at radius 3 is 2.74 bits per heavy atom. The monoisotopic (exact) mass is 264 g/mol. The Morgan fingerprint density at radius 2 is 2.16 bits per heavy atom. The summed E-state index contributed by atoms with van der Waals surface area (Å²) in [5.41, 5.74) is -0.0895. The molecule has 0 aliphatic carbocycles. The van der Waals surface area contributed by atoms with Crippen LogP contribution in [0.5, 0.6) is 5.88 Å². The molecule has 0 radical (unpaired) electrons. The summed E-state index contributed by atoms with van der Waals surface area (Å²) < 4.78 is 2.83. The first-order valence-electron chi connectivity index (χ1n) is 6.06. The second-order valence-electron chi connectivity index (χ2n) is 4.30. The van der Waals surface area contributed by atoms with Gasteiger partial charge < -0.3 is 5.11 Å². The summed E-state index contributed by atoms with van der Waals surface area (Å²) in [7, 11) is 1.81. The molecule has 19 heavy (non-hydrogen) atoms. The molecule has 0 saturated heterocycles. The summed E-state index contributed by atoms with van der Waals surface area (Å²) in [6.07, 6.45) is 2.68. The van der Waals surface area contributed by atoms with Crippen molar-refractivity contribution in [2.75, 3.05) is 0 Å². The van der Waals surface area contributed by atoms with Gasteiger partial charge in [-0.3, -0.25) is 19.0 Å². The molecule has 2 heterocycles. The molecule has 2 aromatic rings. The van der Waals surface area contributed by atoms with Gasteiger partial charge in [0.2, 0.25) is 5.88 Å². The third-order valence-corrected chi connectivity index (χ3v) is 2.98. The molecule has 0 fully saturated rings. The van der Waals surface area contributed by atoms with E-state index < -0.39 is 11.2 Å². The van der Waals surface area contributed by atoms with E-state index in [9.17, 15) is 14.7 Å². The average molecular weight is 264 g/mol. The van der Waals surface area contributed by atoms with Gasteiger partial charge in [0.15, 0.2) is 0 Å². The summed E-state index contributed by atoms with van der Waals surface area (Å²) in [4.78, 5) is 25.4. The normalized spacial score (nSPS) is 10.8. The minimum Gasteiger partial charge on any atom is -0.494 e. The van der Waals surface area contributed by atoms with Crippen molar-refractivity contribution in [3.05, 3.63) is 44.4 Å². The zero-order valence-corrected chi connectivity index (χ0v) is 10.9. The fourth-order valence-corrected chi connectivity index (χ4v) is 1.95. The highest BCUT2D eigenvalue weighted by Gasteiger charge is 2.12. The van der Waals surface area contributed by atoms with Gasteiger partial charge in [-0.25, -0.2) is 4.79 Å². The highest BCUT2D eigenvalue weighted by molar-refractivity contribution is 5.22. The van der Waals surface area contributed by atoms with Gasteiger partial charge in [-0.15, -0.1) is 0 Å². The van der Waals surface area contributed by atoms with E-state index in [0.29, 0.717) is 12.8 Å². The van der Waals surface area contributed by atoms with Crippen molar-refractivity contribution in [1.82, 2.24) is 19.3 Å². The highest BCUT2D eigenvalue weighted by Crippen LogP contribution is 2.11. The Bertz CT molecular complexity index is 696. The van der Waals surface area contributed by atoms with E-state index >= 15 is 0 Å². The van der Waals surface area contributed by atoms with Crippen molar-refractivity contribution in [3.8, 4) is 5.88 Å². The molecule has 0 atom stereocenters. The molecule has 2 aromatic heterocycles. The largest absolute Gasteiger partial charge is 0.494 e. The first-order chi connectivity index (χ1) is 9.02. The molecule has 2 rings (SSSR count). The van der Waals surface area contributed by atoms with Crippen LogP contribution in [0.1, 0.15) is 18.2 Å². The number of aromatic nitrogens is 4. The van der Waals surface area contributed by atoms with Crippen LogP contribution < -0.4 is 11.2 Å². The van der Waals surface area contributed by atoms with Gasteiger partial charge >= 0.3 is 5.69 Å². The van der Waals surface area contributed by atoms with Crippen LogP contribution in [0, 0.1) is 0 Å². The molecule has 102 valence electrons. The topological polar surface area (TPSA) is 92.9 Å². The predicted molar refractivity (Wildman–Crippen MR) is 69.3 cm³/mol. The van der Waals surface area contributed by atoms with E-state index in [1.54, 1.807) is 11.6 Å². The van der Waals surface area contributed by atoms with Crippen LogP contribution in [0.3, 0.4) is 0 Å². The number of nitrogens with one attached hydrogen (secondary N) is 1. The van der Waals surface area contributed by atoms with E-state index in [1.807, 2.05) is 19.3 Å². The molecule has 0 saturated carbocycles. The zero-order valence-electron chi connectivity index (χ0n) is 10.9. The third kappa shape index (κ3) is 2.59. The van der Waals surface area contributed by atoms with Crippen LogP contribution in [-0.2, 0) is 26.4 Å². The van der Waals surface area contributed by atoms with E-state index in [4.69, 9.17) is 0 Å². The smallest absolute Gasteiger partial charge is 0.331 e. The second kappa shape index (κ2) is 5.13. The number of H-pyrrole nitrogens is 1. The van der Waals surface area contributed by atoms with Crippen LogP contribution in [-0.4, -0.2) is 24.4 Å². The van der Waals surface area contributed by atoms with Crippen molar-refractivity contribution in [2.45, 2.75) is 26.3 Å². The van der Waals surface area contributed by atoms with Crippen molar-refractivity contribution in [3.63, 3.8) is 0 Å². The number of aryl methyl sites for hydroxylation is 2. The maximum absolute atomic E-state index is 11.7. The fourth-order valence-electron chi connectivity index (χ4n) is 1.95. The summed E-state index contributed by atoms with van der Waals surface area (Å²) >= 11 is 0. The summed E-state index contributed by atoms with van der Waals surface area (Å²) in [6, 6.07) is 1.84. The van der Waals surface area contributed by atoms with E-state index in [1.165, 1.54) is 0 Å². The molecule has 0 bridgehead atoms. The number of aromatic hydroxyl groups is 1. The second-order valence-corrected chi connectivity index (χ2v) is 4.30. The van der Waals surface area contributed by atoms with Crippen molar-refractivity contribution < 1.29 is 5.11 Å². The van der Waals surface area contributed by atoms with E-state index in [0.717, 1.165) is 10.3 Å². The van der Waals surface area contributed by atoms with Gasteiger partial charge in [-0.05, 0) is 12.5 Å². The van der Waals surface area contributed by atoms with Crippen LogP contribution >= 0.6 is 0 Å². The Morgan fingerprint density at radius 1 is 1.42 bits per heavy atom. The Hall–Kier alpha value is -2.31. The Labute approximate surface area is 109 Å². The van der Waals surface area contributed by atoms with Gasteiger partial charge in [0.25, 0.3) is 5.56 Å². The fraction of sp³-hybridized carbons (Fsp3) is 0.417. The number of aromatic amines is 1. The number of hydrogen-bond acceptors (Lipinski definition) is 4. The van der Waals surface area contributed by atoms with E-state index in [2.05, 4.69) is 10.1 Å². The first kappa shape index (κ1) is 13.1. The van der Waals surface area contributed by atoms with Gasteiger partial charge in [0.1, 0.15) is 0 Å². The lowest BCUT2D eigenvalue weighted by molar-refractivity contribution is 0.392. The number of nitrogens with zero attached hydrogens (tertiary/aromatic N) is 3. The molecule has 0 aliphatic heterocycles. The minimum absolute atomic E-state index is 0.223. The van der Waals surface area contributed by atoms with Gasteiger partial charge in [-0.1, -0.05) is 6.92 Å². The SMILES string of the molecule is CCc1c(O)n(CCc2ccn(C)n2)c(=O)[nH]c1=O. The molecule has 7 nitrogen and oxygen atoms in total. The molecule has 0 spiro atoms. The number of rotatable bonds is 4. The lowest BCUT2D eigenvalue weighted by Crippen LogP contribution is -2.32. The van der Waals surface area contributed by atoms with Gasteiger partial charge in [-0.2, -0.15) is 5.10 Å². The standard InChI is InChI=1S/C12H16N4O3/c1-3-9-10(17)13-12(19)16(11(9)18)7-5-8-4-6-15(2)14-8/h4,6,18H,3,5,7H2,1-2H3,(H,13,17,19). The summed E-state index contributed by atoms with van der Waals surface area (Å²) in [5.74, 6) is -0.257. The van der Waals surface area contributed by atoms with Crippen LogP contribution in [0.4, 0.5) is 0 Å². The Balaban J connectivity index is 2.30. The average Bonchev–Trinajstić information content (AvgIpc) is 2.75. The van der Waals surface area contributed by atoms with Crippen LogP contribution in [0.2, 0.25) is 0 Å². The van der Waals surface area contributed by atoms with Crippen molar-refractivity contribution in [1.29, 1.82) is 0 Å². The molecule has 0 unspecified atom stereocenters. The molecule has 7 heteroatoms. The maximum atomic E-state index is 11.7. The highest BCUT2D eigenvalue weighted by atomic mass is 16.3.